The monoisotopic (exact) mass is 341 g/mol. The van der Waals surface area contributed by atoms with Crippen molar-refractivity contribution < 1.29 is 0 Å². The van der Waals surface area contributed by atoms with Gasteiger partial charge in [0, 0.05) is 5.02 Å². The predicted molar refractivity (Wildman–Crippen MR) is 92.7 cm³/mol. The molecule has 1 atom stereocenters. The van der Waals surface area contributed by atoms with E-state index in [2.05, 4.69) is 11.4 Å². The van der Waals surface area contributed by atoms with Gasteiger partial charge in [-0.05, 0) is 67.7 Å². The molecule has 4 heteroatoms. The zero-order chi connectivity index (χ0) is 15.2. The number of halogens is 3. The highest BCUT2D eigenvalue weighted by Crippen LogP contribution is 2.25. The van der Waals surface area contributed by atoms with Crippen LogP contribution < -0.4 is 5.32 Å². The molecule has 0 fully saturated rings. The Hall–Kier alpha value is -0.730. The summed E-state index contributed by atoms with van der Waals surface area (Å²) in [5.41, 5.74) is 2.45. The molecular weight excluding hydrogens is 325 g/mol. The van der Waals surface area contributed by atoms with Gasteiger partial charge in [-0.15, -0.1) is 0 Å². The normalized spacial score (nSPS) is 12.4. The van der Waals surface area contributed by atoms with Gasteiger partial charge in [-0.1, -0.05) is 53.0 Å². The van der Waals surface area contributed by atoms with E-state index in [-0.39, 0.29) is 0 Å². The van der Waals surface area contributed by atoms with Gasteiger partial charge in [-0.2, -0.15) is 0 Å². The zero-order valence-corrected chi connectivity index (χ0v) is 14.1. The highest BCUT2D eigenvalue weighted by molar-refractivity contribution is 6.42. The summed E-state index contributed by atoms with van der Waals surface area (Å²) in [6.45, 7) is 0.937. The maximum absolute atomic E-state index is 6.09. The molecule has 0 heterocycles. The van der Waals surface area contributed by atoms with E-state index in [9.17, 15) is 0 Å². The van der Waals surface area contributed by atoms with Crippen LogP contribution in [0.5, 0.6) is 0 Å². The molecular formula is C17H18Cl3N. The van der Waals surface area contributed by atoms with Gasteiger partial charge < -0.3 is 5.32 Å². The summed E-state index contributed by atoms with van der Waals surface area (Å²) in [7, 11) is 1.97. The molecule has 0 saturated heterocycles. The molecule has 0 spiro atoms. The molecule has 21 heavy (non-hydrogen) atoms. The van der Waals surface area contributed by atoms with Gasteiger partial charge in [0.15, 0.2) is 0 Å². The second-order valence-electron chi connectivity index (χ2n) is 5.21. The van der Waals surface area contributed by atoms with E-state index in [0.717, 1.165) is 24.4 Å². The topological polar surface area (TPSA) is 12.0 Å². The van der Waals surface area contributed by atoms with E-state index in [1.54, 1.807) is 0 Å². The molecule has 0 aromatic heterocycles. The van der Waals surface area contributed by atoms with Crippen molar-refractivity contribution in [2.24, 2.45) is 5.92 Å². The molecule has 1 unspecified atom stereocenters. The Labute approximate surface area is 141 Å². The maximum atomic E-state index is 6.09. The lowest BCUT2D eigenvalue weighted by molar-refractivity contribution is 0.493. The number of hydrogen-bond acceptors (Lipinski definition) is 1. The molecule has 1 N–H and O–H groups in total. The van der Waals surface area contributed by atoms with Crippen LogP contribution in [0.15, 0.2) is 42.5 Å². The van der Waals surface area contributed by atoms with Crippen molar-refractivity contribution in [1.29, 1.82) is 0 Å². The molecule has 1 nitrogen and oxygen atoms in total. The highest BCUT2D eigenvalue weighted by Gasteiger charge is 2.11. The standard InChI is InChI=1S/C17H18Cl3N/c1-21-11-14(7-12-3-2-4-15(18)9-12)8-13-5-6-16(19)17(20)10-13/h2-6,9-10,14,21H,7-8,11H2,1H3. The van der Waals surface area contributed by atoms with Crippen molar-refractivity contribution in [3.05, 3.63) is 68.7 Å². The van der Waals surface area contributed by atoms with Crippen molar-refractivity contribution >= 4 is 34.8 Å². The Morgan fingerprint density at radius 1 is 0.905 bits per heavy atom. The van der Waals surface area contributed by atoms with Crippen LogP contribution in [0.4, 0.5) is 0 Å². The van der Waals surface area contributed by atoms with Gasteiger partial charge in [-0.3, -0.25) is 0 Å². The van der Waals surface area contributed by atoms with Crippen LogP contribution in [0.2, 0.25) is 15.1 Å². The summed E-state index contributed by atoms with van der Waals surface area (Å²) in [5, 5.41) is 5.25. The number of rotatable bonds is 6. The van der Waals surface area contributed by atoms with Gasteiger partial charge in [0.25, 0.3) is 0 Å². The van der Waals surface area contributed by atoms with Crippen LogP contribution in [0, 0.1) is 5.92 Å². The molecule has 0 radical (unpaired) electrons. The van der Waals surface area contributed by atoms with Crippen LogP contribution in [-0.4, -0.2) is 13.6 Å². The summed E-state index contributed by atoms with van der Waals surface area (Å²) in [6.07, 6.45) is 1.92. The summed E-state index contributed by atoms with van der Waals surface area (Å²) in [5.74, 6) is 0.478. The smallest absolute Gasteiger partial charge is 0.0595 e. The first-order valence-corrected chi connectivity index (χ1v) is 8.05. The van der Waals surface area contributed by atoms with Crippen molar-refractivity contribution in [2.45, 2.75) is 12.8 Å². The number of nitrogens with one attached hydrogen (secondary N) is 1. The molecule has 0 amide bonds. The van der Waals surface area contributed by atoms with Gasteiger partial charge in [0.2, 0.25) is 0 Å². The zero-order valence-electron chi connectivity index (χ0n) is 11.9. The molecule has 112 valence electrons. The fourth-order valence-electron chi connectivity index (χ4n) is 2.50. The molecule has 0 aliphatic carbocycles. The van der Waals surface area contributed by atoms with Crippen molar-refractivity contribution in [1.82, 2.24) is 5.32 Å². The predicted octanol–water partition coefficient (Wildman–Crippen LogP) is 5.27. The minimum atomic E-state index is 0.478. The Balaban J connectivity index is 2.09. The van der Waals surface area contributed by atoms with Gasteiger partial charge in [0.05, 0.1) is 10.0 Å². The second-order valence-corrected chi connectivity index (χ2v) is 6.46. The minimum Gasteiger partial charge on any atom is -0.319 e. The first kappa shape index (κ1) is 16.6. The third-order valence-electron chi connectivity index (χ3n) is 3.41. The number of hydrogen-bond donors (Lipinski definition) is 1. The molecule has 2 rings (SSSR count). The van der Waals surface area contributed by atoms with E-state index < -0.39 is 0 Å². The van der Waals surface area contributed by atoms with E-state index in [1.165, 1.54) is 11.1 Å². The Morgan fingerprint density at radius 2 is 1.62 bits per heavy atom. The first-order valence-electron chi connectivity index (χ1n) is 6.91. The molecule has 2 aromatic carbocycles. The fraction of sp³-hybridized carbons (Fsp3) is 0.294. The van der Waals surface area contributed by atoms with Gasteiger partial charge >= 0.3 is 0 Å². The Bertz CT molecular complexity index is 598. The molecule has 0 saturated carbocycles. The van der Waals surface area contributed by atoms with Crippen LogP contribution >= 0.6 is 34.8 Å². The maximum Gasteiger partial charge on any atom is 0.0595 e. The average Bonchev–Trinajstić information content (AvgIpc) is 2.43. The largest absolute Gasteiger partial charge is 0.319 e. The van der Waals surface area contributed by atoms with Crippen molar-refractivity contribution in [2.75, 3.05) is 13.6 Å². The van der Waals surface area contributed by atoms with Gasteiger partial charge in [-0.25, -0.2) is 0 Å². The molecule has 0 aliphatic heterocycles. The van der Waals surface area contributed by atoms with E-state index in [1.807, 2.05) is 43.4 Å². The van der Waals surface area contributed by atoms with Crippen LogP contribution in [-0.2, 0) is 12.8 Å². The fourth-order valence-corrected chi connectivity index (χ4v) is 3.04. The van der Waals surface area contributed by atoms with Crippen molar-refractivity contribution in [3.8, 4) is 0 Å². The minimum absolute atomic E-state index is 0.478. The lowest BCUT2D eigenvalue weighted by atomic mass is 9.92. The third kappa shape index (κ3) is 5.19. The lowest BCUT2D eigenvalue weighted by Gasteiger charge is -2.17. The third-order valence-corrected chi connectivity index (χ3v) is 4.39. The second kappa shape index (κ2) is 8.05. The molecule has 2 aromatic rings. The Morgan fingerprint density at radius 3 is 2.24 bits per heavy atom. The van der Waals surface area contributed by atoms with Crippen LogP contribution in [0.1, 0.15) is 11.1 Å². The van der Waals surface area contributed by atoms with Crippen molar-refractivity contribution in [3.63, 3.8) is 0 Å². The SMILES string of the molecule is CNCC(Cc1cccc(Cl)c1)Cc1ccc(Cl)c(Cl)c1. The van der Waals surface area contributed by atoms with E-state index in [4.69, 9.17) is 34.8 Å². The summed E-state index contributed by atoms with van der Waals surface area (Å²) < 4.78 is 0. The van der Waals surface area contributed by atoms with Crippen LogP contribution in [0.25, 0.3) is 0 Å². The van der Waals surface area contributed by atoms with E-state index >= 15 is 0 Å². The van der Waals surface area contributed by atoms with E-state index in [0.29, 0.717) is 16.0 Å². The Kier molecular flexibility index (Phi) is 6.38. The lowest BCUT2D eigenvalue weighted by Crippen LogP contribution is -2.22. The quantitative estimate of drug-likeness (QED) is 0.754. The first-order chi connectivity index (χ1) is 10.1. The summed E-state index contributed by atoms with van der Waals surface area (Å²) >= 11 is 18.1. The van der Waals surface area contributed by atoms with Gasteiger partial charge in [0.1, 0.15) is 0 Å². The molecule has 0 aliphatic rings. The number of benzene rings is 2. The average molecular weight is 343 g/mol. The summed E-state index contributed by atoms with van der Waals surface area (Å²) in [4.78, 5) is 0. The molecule has 0 bridgehead atoms. The highest BCUT2D eigenvalue weighted by atomic mass is 35.5. The summed E-state index contributed by atoms with van der Waals surface area (Å²) in [6, 6.07) is 13.9. The van der Waals surface area contributed by atoms with Crippen LogP contribution in [0.3, 0.4) is 0 Å².